The highest BCUT2D eigenvalue weighted by Gasteiger charge is 2.24. The van der Waals surface area contributed by atoms with Crippen LogP contribution < -0.4 is 15.2 Å². The van der Waals surface area contributed by atoms with E-state index in [4.69, 9.17) is 12.2 Å². The fourth-order valence-corrected chi connectivity index (χ4v) is 3.03. The molecule has 4 nitrogen and oxygen atoms in total. The Morgan fingerprint density at radius 2 is 1.77 bits per heavy atom. The van der Waals surface area contributed by atoms with Crippen LogP contribution in [0.5, 0.6) is 0 Å². The van der Waals surface area contributed by atoms with Crippen molar-refractivity contribution in [2.24, 2.45) is 0 Å². The standard InChI is InChI=1S/C16H17BrN4S/c17-13-4-6-14(7-5-13)19-16(22)21-11-9-20(10-12-21)15-3-1-2-8-18-15/h1-8H,9-12H2,(H,19,22)/p+1. The second kappa shape index (κ2) is 7.07. The number of rotatable bonds is 2. The number of pyridine rings is 1. The molecule has 1 aromatic carbocycles. The Hall–Kier alpha value is -1.66. The fourth-order valence-electron chi connectivity index (χ4n) is 2.47. The minimum absolute atomic E-state index is 0.791. The number of hydrogen-bond acceptors (Lipinski definition) is 2. The quantitative estimate of drug-likeness (QED) is 0.815. The molecule has 0 unspecified atom stereocenters. The molecule has 0 amide bonds. The third-order valence-corrected chi connectivity index (χ3v) is 4.58. The summed E-state index contributed by atoms with van der Waals surface area (Å²) in [6.07, 6.45) is 1.96. The van der Waals surface area contributed by atoms with Crippen LogP contribution >= 0.6 is 28.1 Å². The van der Waals surface area contributed by atoms with Gasteiger partial charge in [0.25, 0.3) is 5.82 Å². The third-order valence-electron chi connectivity index (χ3n) is 3.70. The Balaban J connectivity index is 1.54. The summed E-state index contributed by atoms with van der Waals surface area (Å²) in [6.45, 7) is 3.77. The number of H-pyrrole nitrogens is 1. The summed E-state index contributed by atoms with van der Waals surface area (Å²) in [5.41, 5.74) is 1.02. The van der Waals surface area contributed by atoms with Crippen LogP contribution in [0.15, 0.2) is 53.1 Å². The number of piperazine rings is 1. The minimum Gasteiger partial charge on any atom is -0.341 e. The highest BCUT2D eigenvalue weighted by molar-refractivity contribution is 9.10. The normalized spacial score (nSPS) is 14.8. The van der Waals surface area contributed by atoms with Crippen molar-refractivity contribution in [3.05, 3.63) is 53.1 Å². The van der Waals surface area contributed by atoms with Crippen LogP contribution in [0.4, 0.5) is 11.5 Å². The molecule has 1 aliphatic heterocycles. The van der Waals surface area contributed by atoms with E-state index in [0.717, 1.165) is 47.3 Å². The molecule has 1 aromatic heterocycles. The van der Waals surface area contributed by atoms with Gasteiger partial charge in [0.2, 0.25) is 0 Å². The summed E-state index contributed by atoms with van der Waals surface area (Å²) < 4.78 is 1.07. The van der Waals surface area contributed by atoms with Crippen molar-refractivity contribution in [2.75, 3.05) is 36.4 Å². The van der Waals surface area contributed by atoms with Crippen LogP contribution in [-0.4, -0.2) is 36.2 Å². The average Bonchev–Trinajstić information content (AvgIpc) is 2.58. The molecular formula is C16H18BrN4S+. The second-order valence-corrected chi connectivity index (χ2v) is 6.46. The molecule has 0 aliphatic carbocycles. The molecule has 114 valence electrons. The molecule has 3 rings (SSSR count). The molecule has 1 fully saturated rings. The van der Waals surface area contributed by atoms with Crippen molar-refractivity contribution in [1.29, 1.82) is 0 Å². The average molecular weight is 378 g/mol. The number of aromatic amines is 1. The summed E-state index contributed by atoms with van der Waals surface area (Å²) in [5.74, 6) is 1.16. The Bertz CT molecular complexity index is 624. The van der Waals surface area contributed by atoms with Crippen LogP contribution in [0, 0.1) is 0 Å². The topological polar surface area (TPSA) is 32.6 Å². The summed E-state index contributed by atoms with van der Waals surface area (Å²) in [5, 5.41) is 4.09. The van der Waals surface area contributed by atoms with Gasteiger partial charge in [-0.1, -0.05) is 22.0 Å². The summed E-state index contributed by atoms with van der Waals surface area (Å²) in [7, 11) is 0. The van der Waals surface area contributed by atoms with Gasteiger partial charge in [0.1, 0.15) is 13.1 Å². The highest BCUT2D eigenvalue weighted by atomic mass is 79.9. The number of aromatic nitrogens is 1. The zero-order chi connectivity index (χ0) is 15.4. The SMILES string of the molecule is S=C(Nc1ccc(Br)cc1)N1CCN(c2cccc[nH+]2)CC1. The van der Waals surface area contributed by atoms with Crippen molar-refractivity contribution < 1.29 is 4.98 Å². The van der Waals surface area contributed by atoms with Crippen molar-refractivity contribution in [2.45, 2.75) is 0 Å². The largest absolute Gasteiger partial charge is 0.341 e. The van der Waals surface area contributed by atoms with E-state index >= 15 is 0 Å². The maximum atomic E-state index is 5.52. The number of anilines is 2. The van der Waals surface area contributed by atoms with Crippen LogP contribution in [0.3, 0.4) is 0 Å². The molecule has 1 aliphatic rings. The number of benzene rings is 1. The van der Waals surface area contributed by atoms with Gasteiger partial charge in [-0.15, -0.1) is 0 Å². The maximum Gasteiger partial charge on any atom is 0.274 e. The van der Waals surface area contributed by atoms with Gasteiger partial charge in [-0.3, -0.25) is 4.90 Å². The van der Waals surface area contributed by atoms with Crippen LogP contribution in [0.1, 0.15) is 0 Å². The first-order chi connectivity index (χ1) is 10.7. The predicted octanol–water partition coefficient (Wildman–Crippen LogP) is 2.78. The first-order valence-electron chi connectivity index (χ1n) is 7.25. The molecule has 22 heavy (non-hydrogen) atoms. The highest BCUT2D eigenvalue weighted by Crippen LogP contribution is 2.16. The zero-order valence-corrected chi connectivity index (χ0v) is 14.5. The molecule has 2 aromatic rings. The van der Waals surface area contributed by atoms with Gasteiger partial charge in [-0.2, -0.15) is 0 Å². The lowest BCUT2D eigenvalue weighted by Crippen LogP contribution is -2.51. The number of nitrogens with zero attached hydrogens (tertiary/aromatic N) is 2. The van der Waals surface area contributed by atoms with E-state index in [1.54, 1.807) is 0 Å². The van der Waals surface area contributed by atoms with Crippen LogP contribution in [0.25, 0.3) is 0 Å². The smallest absolute Gasteiger partial charge is 0.274 e. The molecule has 2 N–H and O–H groups in total. The van der Waals surface area contributed by atoms with Gasteiger partial charge in [0.15, 0.2) is 5.11 Å². The van der Waals surface area contributed by atoms with Gasteiger partial charge in [0, 0.05) is 16.2 Å². The number of hydrogen-bond donors (Lipinski definition) is 1. The van der Waals surface area contributed by atoms with Crippen molar-refractivity contribution in [3.63, 3.8) is 0 Å². The molecule has 0 atom stereocenters. The molecule has 2 heterocycles. The van der Waals surface area contributed by atoms with E-state index in [-0.39, 0.29) is 0 Å². The van der Waals surface area contributed by atoms with E-state index in [0.29, 0.717) is 0 Å². The fraction of sp³-hybridized carbons (Fsp3) is 0.250. The predicted molar refractivity (Wildman–Crippen MR) is 97.1 cm³/mol. The molecule has 0 spiro atoms. The first-order valence-corrected chi connectivity index (χ1v) is 8.46. The van der Waals surface area contributed by atoms with Gasteiger partial charge in [-0.05, 0) is 42.5 Å². The Morgan fingerprint density at radius 3 is 2.41 bits per heavy atom. The molecule has 1 saturated heterocycles. The van der Waals surface area contributed by atoms with Crippen LogP contribution in [-0.2, 0) is 0 Å². The molecule has 0 bridgehead atoms. The Kier molecular flexibility index (Phi) is 4.90. The lowest BCUT2D eigenvalue weighted by Gasteiger charge is -2.32. The van der Waals surface area contributed by atoms with Crippen molar-refractivity contribution in [1.82, 2.24) is 4.90 Å². The van der Waals surface area contributed by atoms with E-state index in [1.165, 1.54) is 0 Å². The van der Waals surface area contributed by atoms with E-state index in [9.17, 15) is 0 Å². The van der Waals surface area contributed by atoms with Gasteiger partial charge >= 0.3 is 0 Å². The Morgan fingerprint density at radius 1 is 1.05 bits per heavy atom. The maximum absolute atomic E-state index is 5.52. The van der Waals surface area contributed by atoms with Crippen molar-refractivity contribution in [3.8, 4) is 0 Å². The van der Waals surface area contributed by atoms with Crippen LogP contribution in [0.2, 0.25) is 0 Å². The Labute approximate surface area is 144 Å². The number of thiocarbonyl (C=S) groups is 1. The minimum atomic E-state index is 0.791. The lowest BCUT2D eigenvalue weighted by molar-refractivity contribution is -0.364. The number of halogens is 1. The second-order valence-electron chi connectivity index (χ2n) is 5.16. The van der Waals surface area contributed by atoms with Gasteiger partial charge in [0.05, 0.1) is 19.3 Å². The van der Waals surface area contributed by atoms with Gasteiger partial charge in [-0.25, -0.2) is 4.98 Å². The number of nitrogens with one attached hydrogen (secondary N) is 2. The molecule has 6 heteroatoms. The first kappa shape index (κ1) is 15.2. The molecule has 0 radical (unpaired) electrons. The molecular weight excluding hydrogens is 360 g/mol. The molecule has 0 saturated carbocycles. The van der Waals surface area contributed by atoms with E-state index in [2.05, 4.69) is 48.2 Å². The zero-order valence-electron chi connectivity index (χ0n) is 12.1. The monoisotopic (exact) mass is 377 g/mol. The third kappa shape index (κ3) is 3.75. The van der Waals surface area contributed by atoms with Crippen molar-refractivity contribution >= 4 is 44.8 Å². The van der Waals surface area contributed by atoms with E-state index < -0.39 is 0 Å². The summed E-state index contributed by atoms with van der Waals surface area (Å²) in [6, 6.07) is 14.2. The van der Waals surface area contributed by atoms with Gasteiger partial charge < -0.3 is 10.2 Å². The lowest BCUT2D eigenvalue weighted by atomic mass is 10.3. The summed E-state index contributed by atoms with van der Waals surface area (Å²) >= 11 is 8.96. The van der Waals surface area contributed by atoms with E-state index in [1.807, 2.05) is 36.5 Å². The summed E-state index contributed by atoms with van der Waals surface area (Å²) in [4.78, 5) is 7.85.